The molecule has 114 valence electrons. The molecule has 1 aliphatic rings. The van der Waals surface area contributed by atoms with E-state index < -0.39 is 0 Å². The van der Waals surface area contributed by atoms with E-state index in [1.165, 1.54) is 6.07 Å². The topological polar surface area (TPSA) is 30.2 Å². The fourth-order valence-electron chi connectivity index (χ4n) is 2.99. The predicted molar refractivity (Wildman–Crippen MR) is 89.1 cm³/mol. The Kier molecular flexibility index (Phi) is 3.27. The second kappa shape index (κ2) is 5.32. The van der Waals surface area contributed by atoms with Gasteiger partial charge < -0.3 is 0 Å². The lowest BCUT2D eigenvalue weighted by Gasteiger charge is -2.13. The normalized spacial score (nSPS) is 13.1. The van der Waals surface area contributed by atoms with Crippen molar-refractivity contribution < 1.29 is 4.39 Å². The van der Waals surface area contributed by atoms with Gasteiger partial charge in [-0.2, -0.15) is 0 Å². The number of aromatic nitrogens is 2. The van der Waals surface area contributed by atoms with Crippen molar-refractivity contribution in [3.63, 3.8) is 0 Å². The highest BCUT2D eigenvalue weighted by molar-refractivity contribution is 6.30. The second-order valence-corrected chi connectivity index (χ2v) is 5.75. The molecule has 23 heavy (non-hydrogen) atoms. The van der Waals surface area contributed by atoms with E-state index in [0.717, 1.165) is 22.8 Å². The summed E-state index contributed by atoms with van der Waals surface area (Å²) in [5.74, 6) is 0.510. The van der Waals surface area contributed by atoms with Gasteiger partial charge in [0.05, 0.1) is 23.6 Å². The van der Waals surface area contributed by atoms with E-state index in [2.05, 4.69) is 9.98 Å². The molecule has 0 spiro atoms. The van der Waals surface area contributed by atoms with Gasteiger partial charge >= 0.3 is 0 Å². The molecule has 5 heteroatoms. The van der Waals surface area contributed by atoms with Gasteiger partial charge in [0.2, 0.25) is 0 Å². The molecule has 3 nitrogen and oxygen atoms in total. The number of fused-ring (bicyclic) bond motifs is 3. The monoisotopic (exact) mass is 325 g/mol. The lowest BCUT2D eigenvalue weighted by molar-refractivity contribution is 0.625. The van der Waals surface area contributed by atoms with Gasteiger partial charge in [0.1, 0.15) is 11.6 Å². The molecule has 1 aromatic heterocycles. The largest absolute Gasteiger partial charge is 0.297 e. The quantitative estimate of drug-likeness (QED) is 0.655. The zero-order valence-corrected chi connectivity index (χ0v) is 13.2. The lowest BCUT2D eigenvalue weighted by Crippen LogP contribution is -2.09. The maximum absolute atomic E-state index is 14.3. The van der Waals surface area contributed by atoms with E-state index in [9.17, 15) is 4.39 Å². The van der Waals surface area contributed by atoms with Crippen LogP contribution < -0.4 is 0 Å². The number of hydrogen-bond donors (Lipinski definition) is 0. The highest BCUT2D eigenvalue weighted by Crippen LogP contribution is 2.30. The van der Waals surface area contributed by atoms with Crippen LogP contribution in [0.15, 0.2) is 53.5 Å². The van der Waals surface area contributed by atoms with Gasteiger partial charge in [0, 0.05) is 11.1 Å². The minimum atomic E-state index is -0.284. The summed E-state index contributed by atoms with van der Waals surface area (Å²) in [4.78, 5) is 8.98. The van der Waals surface area contributed by atoms with Crippen LogP contribution in [0.1, 0.15) is 22.6 Å². The van der Waals surface area contributed by atoms with Crippen LogP contribution >= 0.6 is 11.6 Å². The Morgan fingerprint density at radius 3 is 2.52 bits per heavy atom. The summed E-state index contributed by atoms with van der Waals surface area (Å²) in [6.45, 7) is 2.26. The van der Waals surface area contributed by atoms with Crippen molar-refractivity contribution in [1.82, 2.24) is 9.55 Å². The number of para-hydroxylation sites is 1. The fraction of sp³-hybridized carbons (Fsp3) is 0.111. The summed E-state index contributed by atoms with van der Waals surface area (Å²) in [6.07, 6.45) is 0. The summed E-state index contributed by atoms with van der Waals surface area (Å²) in [7, 11) is 0. The standard InChI is InChI=1S/C18H13ClFN3/c1-11-22-18(19)16-10-21-17(12-6-2-4-8-14(12)20)13-7-3-5-9-15(13)23(11)16/h2-9H,10H2,1H3. The third kappa shape index (κ3) is 2.18. The highest BCUT2D eigenvalue weighted by atomic mass is 35.5. The molecule has 0 bridgehead atoms. The van der Waals surface area contributed by atoms with E-state index in [1.807, 2.05) is 41.8 Å². The molecule has 0 atom stereocenters. The van der Waals surface area contributed by atoms with Crippen LogP contribution in [0, 0.1) is 12.7 Å². The molecule has 4 rings (SSSR count). The van der Waals surface area contributed by atoms with Crippen molar-refractivity contribution >= 4 is 17.3 Å². The summed E-state index contributed by atoms with van der Waals surface area (Å²) in [5, 5.41) is 0.441. The highest BCUT2D eigenvalue weighted by Gasteiger charge is 2.23. The summed E-state index contributed by atoms with van der Waals surface area (Å²) < 4.78 is 16.3. The molecule has 2 heterocycles. The first-order chi connectivity index (χ1) is 11.2. The molecule has 0 aliphatic carbocycles. The van der Waals surface area contributed by atoms with Crippen LogP contribution in [0.2, 0.25) is 5.15 Å². The van der Waals surface area contributed by atoms with E-state index in [0.29, 0.717) is 23.0 Å². The first kappa shape index (κ1) is 14.2. The molecule has 0 saturated carbocycles. The van der Waals surface area contributed by atoms with Gasteiger partial charge in [0.15, 0.2) is 5.15 Å². The minimum absolute atomic E-state index is 0.284. The lowest BCUT2D eigenvalue weighted by atomic mass is 10.00. The Labute approximate surface area is 138 Å². The average Bonchev–Trinajstić information content (AvgIpc) is 2.74. The Balaban J connectivity index is 2.02. The van der Waals surface area contributed by atoms with Crippen molar-refractivity contribution in [3.8, 4) is 5.69 Å². The van der Waals surface area contributed by atoms with Crippen LogP contribution in [-0.4, -0.2) is 15.3 Å². The molecule has 0 fully saturated rings. The van der Waals surface area contributed by atoms with E-state index >= 15 is 0 Å². The van der Waals surface area contributed by atoms with Crippen molar-refractivity contribution in [2.45, 2.75) is 13.5 Å². The van der Waals surface area contributed by atoms with Gasteiger partial charge in [-0.25, -0.2) is 9.37 Å². The predicted octanol–water partition coefficient (Wildman–Crippen LogP) is 4.32. The van der Waals surface area contributed by atoms with Crippen LogP contribution in [-0.2, 0) is 6.54 Å². The second-order valence-electron chi connectivity index (χ2n) is 5.39. The van der Waals surface area contributed by atoms with Gasteiger partial charge in [-0.05, 0) is 25.1 Å². The Morgan fingerprint density at radius 2 is 1.74 bits per heavy atom. The zero-order valence-electron chi connectivity index (χ0n) is 12.4. The van der Waals surface area contributed by atoms with Crippen molar-refractivity contribution in [2.75, 3.05) is 0 Å². The summed E-state index contributed by atoms with van der Waals surface area (Å²) in [6, 6.07) is 14.5. The van der Waals surface area contributed by atoms with Crippen molar-refractivity contribution in [2.24, 2.45) is 4.99 Å². The number of benzene rings is 2. The zero-order chi connectivity index (χ0) is 16.0. The number of hydrogen-bond acceptors (Lipinski definition) is 2. The van der Waals surface area contributed by atoms with Gasteiger partial charge in [-0.3, -0.25) is 9.56 Å². The third-order valence-electron chi connectivity index (χ3n) is 4.01. The van der Waals surface area contributed by atoms with Crippen LogP contribution in [0.25, 0.3) is 5.69 Å². The van der Waals surface area contributed by atoms with Crippen LogP contribution in [0.5, 0.6) is 0 Å². The number of rotatable bonds is 1. The Morgan fingerprint density at radius 1 is 1.04 bits per heavy atom. The molecule has 1 aliphatic heterocycles. The first-order valence-corrected chi connectivity index (χ1v) is 7.67. The number of aliphatic imine (C=N–C) groups is 1. The Hall–Kier alpha value is -2.46. The van der Waals surface area contributed by atoms with Crippen molar-refractivity contribution in [1.29, 1.82) is 0 Å². The summed E-state index contributed by atoms with van der Waals surface area (Å²) >= 11 is 6.25. The number of aryl methyl sites for hydroxylation is 1. The van der Waals surface area contributed by atoms with Crippen molar-refractivity contribution in [3.05, 3.63) is 82.1 Å². The smallest absolute Gasteiger partial charge is 0.152 e. The molecule has 0 radical (unpaired) electrons. The molecule has 0 unspecified atom stereocenters. The van der Waals surface area contributed by atoms with Gasteiger partial charge in [0.25, 0.3) is 0 Å². The Bertz CT molecular complexity index is 943. The van der Waals surface area contributed by atoms with E-state index in [-0.39, 0.29) is 5.82 Å². The number of nitrogens with zero attached hydrogens (tertiary/aromatic N) is 3. The number of imidazole rings is 1. The third-order valence-corrected chi connectivity index (χ3v) is 4.31. The minimum Gasteiger partial charge on any atom is -0.297 e. The first-order valence-electron chi connectivity index (χ1n) is 7.29. The molecule has 2 aromatic carbocycles. The molecule has 0 saturated heterocycles. The molecule has 0 amide bonds. The van der Waals surface area contributed by atoms with E-state index in [1.54, 1.807) is 12.1 Å². The molecular weight excluding hydrogens is 313 g/mol. The average molecular weight is 326 g/mol. The molecule has 3 aromatic rings. The maximum Gasteiger partial charge on any atom is 0.152 e. The summed E-state index contributed by atoms with van der Waals surface area (Å²) in [5.41, 5.74) is 3.74. The fourth-order valence-corrected chi connectivity index (χ4v) is 3.26. The van der Waals surface area contributed by atoms with Crippen LogP contribution in [0.3, 0.4) is 0 Å². The molecule has 0 N–H and O–H groups in total. The van der Waals surface area contributed by atoms with Crippen LogP contribution in [0.4, 0.5) is 4.39 Å². The maximum atomic E-state index is 14.3. The molecular formula is C18H13ClFN3. The number of halogens is 2. The SMILES string of the molecule is Cc1nc(Cl)c2n1-c1ccccc1C(c1ccccc1F)=NC2. The van der Waals surface area contributed by atoms with E-state index in [4.69, 9.17) is 11.6 Å². The van der Waals surface area contributed by atoms with Gasteiger partial charge in [-0.15, -0.1) is 0 Å². The van der Waals surface area contributed by atoms with Gasteiger partial charge in [-0.1, -0.05) is 41.9 Å².